The fourth-order valence-electron chi connectivity index (χ4n) is 1.65. The summed E-state index contributed by atoms with van der Waals surface area (Å²) in [4.78, 5) is 11.1. The smallest absolute Gasteiger partial charge is 0.316 e. The molecule has 0 saturated heterocycles. The maximum absolute atomic E-state index is 11.1. The predicted molar refractivity (Wildman–Crippen MR) is 75.2 cm³/mol. The molecule has 18 heavy (non-hydrogen) atoms. The number of hydrogen-bond donors (Lipinski definition) is 1. The highest BCUT2D eigenvalue weighted by Gasteiger charge is 2.22. The molecule has 0 bridgehead atoms. The normalized spacial score (nSPS) is 12.4. The van der Waals surface area contributed by atoms with Gasteiger partial charge in [0.1, 0.15) is 11.0 Å². The van der Waals surface area contributed by atoms with Crippen molar-refractivity contribution in [3.8, 4) is 5.75 Å². The zero-order valence-corrected chi connectivity index (χ0v) is 11.9. The van der Waals surface area contributed by atoms with Crippen LogP contribution >= 0.6 is 11.8 Å². The molecule has 0 saturated carbocycles. The molecular weight excluding hydrogens is 248 g/mol. The van der Waals surface area contributed by atoms with Gasteiger partial charge in [0.2, 0.25) is 0 Å². The topological polar surface area (TPSA) is 46.5 Å². The number of rotatable bonds is 7. The Morgan fingerprint density at radius 2 is 2.06 bits per heavy atom. The number of para-hydroxylation sites is 1. The third-order valence-electron chi connectivity index (χ3n) is 2.54. The molecule has 100 valence electrons. The quantitative estimate of drug-likeness (QED) is 0.823. The van der Waals surface area contributed by atoms with Gasteiger partial charge in [0.25, 0.3) is 0 Å². The Hall–Kier alpha value is -1.16. The molecule has 1 aromatic carbocycles. The lowest BCUT2D eigenvalue weighted by Crippen LogP contribution is -2.22. The second-order valence-corrected chi connectivity index (χ2v) is 5.48. The molecule has 0 aromatic heterocycles. The Morgan fingerprint density at radius 3 is 2.61 bits per heavy atom. The van der Waals surface area contributed by atoms with Crippen LogP contribution in [-0.2, 0) is 10.5 Å². The first-order chi connectivity index (χ1) is 8.56. The van der Waals surface area contributed by atoms with Gasteiger partial charge in [-0.25, -0.2) is 0 Å². The van der Waals surface area contributed by atoms with Crippen LogP contribution in [0.2, 0.25) is 0 Å². The van der Waals surface area contributed by atoms with E-state index in [1.807, 2.05) is 45.0 Å². The molecule has 0 aliphatic carbocycles. The second-order valence-electron chi connectivity index (χ2n) is 4.35. The van der Waals surface area contributed by atoms with Crippen molar-refractivity contribution in [1.29, 1.82) is 0 Å². The molecule has 0 aliphatic heterocycles. The molecular formula is C14H20O3S. The zero-order chi connectivity index (χ0) is 13.5. The SMILES string of the molecule is CCOc1ccccc1CSC(C(=O)O)C(C)C. The van der Waals surface area contributed by atoms with Gasteiger partial charge in [0.15, 0.2) is 0 Å². The minimum Gasteiger partial charge on any atom is -0.494 e. The van der Waals surface area contributed by atoms with Crippen molar-refractivity contribution < 1.29 is 14.6 Å². The van der Waals surface area contributed by atoms with E-state index in [9.17, 15) is 4.79 Å². The highest BCUT2D eigenvalue weighted by molar-refractivity contribution is 7.99. The van der Waals surface area contributed by atoms with Crippen molar-refractivity contribution in [2.24, 2.45) is 5.92 Å². The molecule has 0 radical (unpaired) electrons. The van der Waals surface area contributed by atoms with E-state index in [0.29, 0.717) is 12.4 Å². The molecule has 1 atom stereocenters. The van der Waals surface area contributed by atoms with E-state index in [1.54, 1.807) is 0 Å². The maximum Gasteiger partial charge on any atom is 0.316 e. The summed E-state index contributed by atoms with van der Waals surface area (Å²) < 4.78 is 5.53. The molecule has 4 heteroatoms. The monoisotopic (exact) mass is 268 g/mol. The van der Waals surface area contributed by atoms with E-state index in [1.165, 1.54) is 11.8 Å². The first kappa shape index (κ1) is 14.9. The van der Waals surface area contributed by atoms with Gasteiger partial charge < -0.3 is 9.84 Å². The third kappa shape index (κ3) is 4.26. The fraction of sp³-hybridized carbons (Fsp3) is 0.500. The minimum atomic E-state index is -0.746. The summed E-state index contributed by atoms with van der Waals surface area (Å²) in [5, 5.41) is 8.77. The average molecular weight is 268 g/mol. The number of carboxylic acid groups (broad SMARTS) is 1. The van der Waals surface area contributed by atoms with Gasteiger partial charge in [-0.1, -0.05) is 32.0 Å². The maximum atomic E-state index is 11.1. The molecule has 1 rings (SSSR count). The fourth-order valence-corrected chi connectivity index (χ4v) is 2.77. The molecule has 1 unspecified atom stereocenters. The molecule has 0 aliphatic rings. The van der Waals surface area contributed by atoms with Crippen LogP contribution in [-0.4, -0.2) is 22.9 Å². The summed E-state index contributed by atoms with van der Waals surface area (Å²) in [7, 11) is 0. The Bertz CT molecular complexity index is 390. The van der Waals surface area contributed by atoms with Gasteiger partial charge in [-0.15, -0.1) is 11.8 Å². The molecule has 1 aromatic rings. The van der Waals surface area contributed by atoms with Crippen LogP contribution in [0.4, 0.5) is 0 Å². The Morgan fingerprint density at radius 1 is 1.39 bits per heavy atom. The van der Waals surface area contributed by atoms with Crippen LogP contribution in [0, 0.1) is 5.92 Å². The van der Waals surface area contributed by atoms with Crippen molar-refractivity contribution in [3.63, 3.8) is 0 Å². The molecule has 3 nitrogen and oxygen atoms in total. The van der Waals surface area contributed by atoms with Gasteiger partial charge >= 0.3 is 5.97 Å². The van der Waals surface area contributed by atoms with Crippen LogP contribution in [0.5, 0.6) is 5.75 Å². The Labute approximate surface area is 113 Å². The lowest BCUT2D eigenvalue weighted by Gasteiger charge is -2.16. The molecule has 0 heterocycles. The van der Waals surface area contributed by atoms with Crippen LogP contribution in [0.1, 0.15) is 26.3 Å². The predicted octanol–water partition coefficient (Wildman–Crippen LogP) is 3.43. The number of benzene rings is 1. The molecule has 1 N–H and O–H groups in total. The lowest BCUT2D eigenvalue weighted by atomic mass is 10.1. The molecule has 0 spiro atoms. The Kier molecular flexibility index (Phi) is 6.05. The number of carboxylic acids is 1. The summed E-state index contributed by atoms with van der Waals surface area (Å²) >= 11 is 1.45. The molecule has 0 amide bonds. The van der Waals surface area contributed by atoms with Crippen molar-refractivity contribution in [2.45, 2.75) is 31.8 Å². The van der Waals surface area contributed by atoms with E-state index < -0.39 is 5.97 Å². The van der Waals surface area contributed by atoms with E-state index in [0.717, 1.165) is 11.3 Å². The molecule has 0 fully saturated rings. The largest absolute Gasteiger partial charge is 0.494 e. The summed E-state index contributed by atoms with van der Waals surface area (Å²) in [5.41, 5.74) is 1.05. The van der Waals surface area contributed by atoms with Crippen molar-refractivity contribution in [1.82, 2.24) is 0 Å². The van der Waals surface area contributed by atoms with Crippen LogP contribution in [0.15, 0.2) is 24.3 Å². The van der Waals surface area contributed by atoms with E-state index >= 15 is 0 Å². The zero-order valence-electron chi connectivity index (χ0n) is 11.1. The minimum absolute atomic E-state index is 0.117. The van der Waals surface area contributed by atoms with Gasteiger partial charge in [-0.2, -0.15) is 0 Å². The summed E-state index contributed by atoms with van der Waals surface area (Å²) in [6.07, 6.45) is 0. The number of aliphatic carboxylic acids is 1. The van der Waals surface area contributed by atoms with Gasteiger partial charge in [-0.3, -0.25) is 4.79 Å². The van der Waals surface area contributed by atoms with Crippen LogP contribution < -0.4 is 4.74 Å². The second kappa shape index (κ2) is 7.31. The van der Waals surface area contributed by atoms with Crippen LogP contribution in [0.3, 0.4) is 0 Å². The number of ether oxygens (including phenoxy) is 1. The average Bonchev–Trinajstić information content (AvgIpc) is 2.31. The van der Waals surface area contributed by atoms with E-state index in [2.05, 4.69) is 0 Å². The van der Waals surface area contributed by atoms with Gasteiger partial charge in [-0.05, 0) is 18.9 Å². The number of thioether (sulfide) groups is 1. The third-order valence-corrected chi connectivity index (χ3v) is 4.12. The lowest BCUT2D eigenvalue weighted by molar-refractivity contribution is -0.137. The van der Waals surface area contributed by atoms with Crippen molar-refractivity contribution in [2.75, 3.05) is 6.61 Å². The van der Waals surface area contributed by atoms with Crippen molar-refractivity contribution >= 4 is 17.7 Å². The number of hydrogen-bond acceptors (Lipinski definition) is 3. The van der Waals surface area contributed by atoms with Gasteiger partial charge in [0, 0.05) is 11.3 Å². The highest BCUT2D eigenvalue weighted by Crippen LogP contribution is 2.28. The summed E-state index contributed by atoms with van der Waals surface area (Å²) in [5.74, 6) is 0.877. The van der Waals surface area contributed by atoms with E-state index in [4.69, 9.17) is 9.84 Å². The number of carbonyl (C=O) groups is 1. The standard InChI is InChI=1S/C14H20O3S/c1-4-17-12-8-6-5-7-11(12)9-18-13(10(2)3)14(15)16/h5-8,10,13H,4,9H2,1-3H3,(H,15,16). The first-order valence-electron chi connectivity index (χ1n) is 6.11. The summed E-state index contributed by atoms with van der Waals surface area (Å²) in [6, 6.07) is 7.78. The van der Waals surface area contributed by atoms with Gasteiger partial charge in [0.05, 0.1) is 6.61 Å². The highest BCUT2D eigenvalue weighted by atomic mass is 32.2. The first-order valence-corrected chi connectivity index (χ1v) is 7.16. The van der Waals surface area contributed by atoms with Crippen molar-refractivity contribution in [3.05, 3.63) is 29.8 Å². The van der Waals surface area contributed by atoms with Crippen LogP contribution in [0.25, 0.3) is 0 Å². The Balaban J connectivity index is 2.70. The summed E-state index contributed by atoms with van der Waals surface area (Å²) in [6.45, 7) is 6.42. The van der Waals surface area contributed by atoms with E-state index in [-0.39, 0.29) is 11.2 Å².